The van der Waals surface area contributed by atoms with E-state index < -0.39 is 6.10 Å². The zero-order valence-electron chi connectivity index (χ0n) is 6.83. The van der Waals surface area contributed by atoms with E-state index >= 15 is 0 Å². The molecule has 0 aliphatic carbocycles. The summed E-state index contributed by atoms with van der Waals surface area (Å²) in [4.78, 5) is 0. The summed E-state index contributed by atoms with van der Waals surface area (Å²) in [5.41, 5.74) is 6.17. The molecule has 2 atom stereocenters. The van der Waals surface area contributed by atoms with E-state index in [1.54, 1.807) is 25.2 Å². The van der Waals surface area contributed by atoms with Crippen molar-refractivity contribution < 1.29 is 5.11 Å². The van der Waals surface area contributed by atoms with E-state index in [0.29, 0.717) is 5.57 Å². The first-order chi connectivity index (χ1) is 5.13. The molecular formula is C9H15NO. The minimum absolute atomic E-state index is 0.279. The molecule has 0 radical (unpaired) electrons. The Hall–Kier alpha value is -0.860. The third kappa shape index (κ3) is 3.16. The summed E-state index contributed by atoms with van der Waals surface area (Å²) in [7, 11) is 0. The van der Waals surface area contributed by atoms with Gasteiger partial charge in [0.2, 0.25) is 0 Å². The van der Waals surface area contributed by atoms with Gasteiger partial charge in [-0.3, -0.25) is 0 Å². The van der Waals surface area contributed by atoms with Crippen molar-refractivity contribution in [2.45, 2.75) is 19.1 Å². The van der Waals surface area contributed by atoms with Gasteiger partial charge in [0.05, 0.1) is 6.10 Å². The van der Waals surface area contributed by atoms with Crippen molar-refractivity contribution in [2.24, 2.45) is 5.73 Å². The summed E-state index contributed by atoms with van der Waals surface area (Å²) >= 11 is 0. The lowest BCUT2D eigenvalue weighted by molar-refractivity contribution is 0.190. The van der Waals surface area contributed by atoms with Gasteiger partial charge in [-0.15, -0.1) is 0 Å². The number of nitrogens with two attached hydrogens (primary N) is 1. The molecule has 0 rings (SSSR count). The summed E-state index contributed by atoms with van der Waals surface area (Å²) in [5.74, 6) is 0. The summed E-state index contributed by atoms with van der Waals surface area (Å²) in [6.45, 7) is 8.81. The Morgan fingerprint density at radius 2 is 2.09 bits per heavy atom. The van der Waals surface area contributed by atoms with Gasteiger partial charge < -0.3 is 10.8 Å². The Kier molecular flexibility index (Phi) is 4.50. The average Bonchev–Trinajstić information content (AvgIpc) is 1.98. The van der Waals surface area contributed by atoms with E-state index in [4.69, 9.17) is 5.73 Å². The molecule has 0 aromatic carbocycles. The second-order valence-electron chi connectivity index (χ2n) is 2.41. The molecule has 0 bridgehead atoms. The fourth-order valence-corrected chi connectivity index (χ4v) is 0.727. The fraction of sp³-hybridized carbons (Fsp3) is 0.333. The molecule has 0 fully saturated rings. The van der Waals surface area contributed by atoms with Crippen molar-refractivity contribution in [3.63, 3.8) is 0 Å². The highest BCUT2D eigenvalue weighted by Gasteiger charge is 2.11. The fourth-order valence-electron chi connectivity index (χ4n) is 0.727. The molecule has 0 aromatic heterocycles. The average molecular weight is 153 g/mol. The predicted octanol–water partition coefficient (Wildman–Crippen LogP) is 0.993. The normalized spacial score (nSPS) is 17.2. The van der Waals surface area contributed by atoms with Crippen LogP contribution >= 0.6 is 0 Å². The quantitative estimate of drug-likeness (QED) is 0.592. The van der Waals surface area contributed by atoms with Crippen molar-refractivity contribution in [2.75, 3.05) is 0 Å². The van der Waals surface area contributed by atoms with E-state index in [0.717, 1.165) is 0 Å². The minimum Gasteiger partial charge on any atom is -0.387 e. The molecule has 0 saturated carbocycles. The van der Waals surface area contributed by atoms with Crippen molar-refractivity contribution in [1.82, 2.24) is 0 Å². The van der Waals surface area contributed by atoms with Crippen LogP contribution in [0.4, 0.5) is 0 Å². The van der Waals surface area contributed by atoms with Crippen molar-refractivity contribution in [1.29, 1.82) is 0 Å². The van der Waals surface area contributed by atoms with E-state index in [1.807, 2.05) is 0 Å². The molecule has 2 unspecified atom stereocenters. The maximum Gasteiger partial charge on any atom is 0.0937 e. The maximum atomic E-state index is 9.40. The SMILES string of the molecule is C=C/C=C(\C=C)C(O)C(C)N. The van der Waals surface area contributed by atoms with Crippen molar-refractivity contribution >= 4 is 0 Å². The first kappa shape index (κ1) is 10.1. The molecule has 0 aliphatic rings. The molecule has 0 amide bonds. The monoisotopic (exact) mass is 153 g/mol. The van der Waals surface area contributed by atoms with Gasteiger partial charge in [-0.2, -0.15) is 0 Å². The van der Waals surface area contributed by atoms with Crippen LogP contribution < -0.4 is 5.73 Å². The maximum absolute atomic E-state index is 9.40. The van der Waals surface area contributed by atoms with Gasteiger partial charge in [-0.05, 0) is 12.5 Å². The largest absolute Gasteiger partial charge is 0.387 e. The smallest absolute Gasteiger partial charge is 0.0937 e. The Bertz CT molecular complexity index is 170. The van der Waals surface area contributed by atoms with Gasteiger partial charge in [0, 0.05) is 6.04 Å². The zero-order valence-corrected chi connectivity index (χ0v) is 6.83. The van der Waals surface area contributed by atoms with E-state index in [-0.39, 0.29) is 6.04 Å². The second-order valence-corrected chi connectivity index (χ2v) is 2.41. The van der Waals surface area contributed by atoms with Crippen LogP contribution in [0.15, 0.2) is 37.0 Å². The first-order valence-corrected chi connectivity index (χ1v) is 3.52. The van der Waals surface area contributed by atoms with Gasteiger partial charge in [0.15, 0.2) is 0 Å². The van der Waals surface area contributed by atoms with Crippen molar-refractivity contribution in [3.8, 4) is 0 Å². The van der Waals surface area contributed by atoms with Gasteiger partial charge in [0.1, 0.15) is 0 Å². The molecular weight excluding hydrogens is 138 g/mol. The number of rotatable bonds is 4. The Balaban J connectivity index is 4.37. The van der Waals surface area contributed by atoms with Crippen LogP contribution in [0.1, 0.15) is 6.92 Å². The number of aliphatic hydroxyl groups is 1. The van der Waals surface area contributed by atoms with Gasteiger partial charge in [0.25, 0.3) is 0 Å². The molecule has 0 saturated heterocycles. The van der Waals surface area contributed by atoms with E-state index in [9.17, 15) is 5.11 Å². The third-order valence-electron chi connectivity index (χ3n) is 1.39. The zero-order chi connectivity index (χ0) is 8.85. The second kappa shape index (κ2) is 4.88. The van der Waals surface area contributed by atoms with Crippen LogP contribution in [0.5, 0.6) is 0 Å². The number of hydrogen-bond acceptors (Lipinski definition) is 2. The predicted molar refractivity (Wildman–Crippen MR) is 48.1 cm³/mol. The third-order valence-corrected chi connectivity index (χ3v) is 1.39. The highest BCUT2D eigenvalue weighted by atomic mass is 16.3. The molecule has 2 heteroatoms. The number of hydrogen-bond donors (Lipinski definition) is 2. The highest BCUT2D eigenvalue weighted by molar-refractivity contribution is 5.26. The van der Waals surface area contributed by atoms with Crippen LogP contribution in [0.25, 0.3) is 0 Å². The standard InChI is InChI=1S/C9H15NO/c1-4-6-8(5-2)9(11)7(3)10/h4-7,9,11H,1-2,10H2,3H3/b8-6+. The lowest BCUT2D eigenvalue weighted by Gasteiger charge is -2.14. The lowest BCUT2D eigenvalue weighted by atomic mass is 10.0. The Morgan fingerprint density at radius 1 is 1.55 bits per heavy atom. The summed E-state index contributed by atoms with van der Waals surface area (Å²) < 4.78 is 0. The molecule has 0 spiro atoms. The molecule has 3 N–H and O–H groups in total. The Labute approximate surface area is 67.7 Å². The van der Waals surface area contributed by atoms with Gasteiger partial charge >= 0.3 is 0 Å². The lowest BCUT2D eigenvalue weighted by Crippen LogP contribution is -2.32. The highest BCUT2D eigenvalue weighted by Crippen LogP contribution is 2.06. The van der Waals surface area contributed by atoms with Crippen LogP contribution in [0.2, 0.25) is 0 Å². The summed E-state index contributed by atoms with van der Waals surface area (Å²) in [6, 6.07) is -0.279. The van der Waals surface area contributed by atoms with Crippen LogP contribution in [0.3, 0.4) is 0 Å². The molecule has 62 valence electrons. The molecule has 0 aromatic rings. The summed E-state index contributed by atoms with van der Waals surface area (Å²) in [6.07, 6.45) is 4.23. The van der Waals surface area contributed by atoms with Crippen LogP contribution in [0, 0.1) is 0 Å². The first-order valence-electron chi connectivity index (χ1n) is 3.52. The molecule has 0 aliphatic heterocycles. The van der Waals surface area contributed by atoms with Gasteiger partial charge in [-0.1, -0.05) is 31.4 Å². The van der Waals surface area contributed by atoms with Crippen molar-refractivity contribution in [3.05, 3.63) is 37.0 Å². The summed E-state index contributed by atoms with van der Waals surface area (Å²) in [5, 5.41) is 9.40. The van der Waals surface area contributed by atoms with E-state index in [2.05, 4.69) is 13.2 Å². The van der Waals surface area contributed by atoms with E-state index in [1.165, 1.54) is 0 Å². The topological polar surface area (TPSA) is 46.2 Å². The molecule has 0 heterocycles. The van der Waals surface area contributed by atoms with Crippen LogP contribution in [-0.4, -0.2) is 17.3 Å². The number of aliphatic hydroxyl groups excluding tert-OH is 1. The molecule has 11 heavy (non-hydrogen) atoms. The van der Waals surface area contributed by atoms with Gasteiger partial charge in [-0.25, -0.2) is 0 Å². The minimum atomic E-state index is -0.648. The molecule has 2 nitrogen and oxygen atoms in total. The number of allylic oxidation sites excluding steroid dienone is 2. The van der Waals surface area contributed by atoms with Crippen LogP contribution in [-0.2, 0) is 0 Å². The Morgan fingerprint density at radius 3 is 2.36 bits per heavy atom.